The lowest BCUT2D eigenvalue weighted by Crippen LogP contribution is -2.38. The van der Waals surface area contributed by atoms with E-state index in [0.717, 1.165) is 73.6 Å². The second-order valence-corrected chi connectivity index (χ2v) is 8.50. The van der Waals surface area contributed by atoms with Crippen LogP contribution in [-0.4, -0.2) is 46.5 Å². The quantitative estimate of drug-likeness (QED) is 0.288. The van der Waals surface area contributed by atoms with Crippen molar-refractivity contribution >= 4 is 29.9 Å². The number of aryl methyl sites for hydroxylation is 1. The van der Waals surface area contributed by atoms with Crippen LogP contribution in [0.2, 0.25) is 0 Å². The Morgan fingerprint density at radius 3 is 2.91 bits per heavy atom. The van der Waals surface area contributed by atoms with Gasteiger partial charge in [0.1, 0.15) is 29.3 Å². The first-order chi connectivity index (χ1) is 15.7. The van der Waals surface area contributed by atoms with E-state index in [1.807, 2.05) is 6.92 Å². The van der Waals surface area contributed by atoms with Gasteiger partial charge in [-0.15, -0.1) is 34.2 Å². The second kappa shape index (κ2) is 12.4. The molecule has 0 radical (unpaired) electrons. The maximum atomic E-state index is 5.94. The maximum absolute atomic E-state index is 5.94. The molecule has 1 aromatic carbocycles. The summed E-state index contributed by atoms with van der Waals surface area (Å²) in [5.41, 5.74) is 2.26. The Morgan fingerprint density at radius 1 is 1.21 bits per heavy atom. The van der Waals surface area contributed by atoms with E-state index in [4.69, 9.17) is 14.5 Å². The third kappa shape index (κ3) is 6.51. The number of aliphatic imine (C=N–C) groups is 1. The van der Waals surface area contributed by atoms with Crippen LogP contribution in [-0.2, 0) is 32.4 Å². The summed E-state index contributed by atoms with van der Waals surface area (Å²) in [4.78, 5) is 4.81. The van der Waals surface area contributed by atoms with Crippen molar-refractivity contribution in [2.75, 3.05) is 19.7 Å². The zero-order chi connectivity index (χ0) is 22.3. The number of aromatic nitrogens is 3. The molecule has 8 nitrogen and oxygen atoms in total. The van der Waals surface area contributed by atoms with Gasteiger partial charge in [0.15, 0.2) is 5.96 Å². The van der Waals surface area contributed by atoms with Gasteiger partial charge in [0.25, 0.3) is 0 Å². The highest BCUT2D eigenvalue weighted by atomic mass is 127. The van der Waals surface area contributed by atoms with E-state index in [2.05, 4.69) is 51.4 Å². The molecule has 0 fully saturated rings. The van der Waals surface area contributed by atoms with Crippen molar-refractivity contribution in [3.8, 4) is 11.5 Å². The van der Waals surface area contributed by atoms with Gasteiger partial charge in [0.2, 0.25) is 0 Å². The van der Waals surface area contributed by atoms with Gasteiger partial charge in [0.05, 0.1) is 13.2 Å². The first-order valence-electron chi connectivity index (χ1n) is 12.1. The minimum Gasteiger partial charge on any atom is -0.494 e. The number of guanidine groups is 1. The summed E-state index contributed by atoms with van der Waals surface area (Å²) in [6, 6.07) is 4.20. The molecule has 1 unspecified atom stereocenters. The van der Waals surface area contributed by atoms with Gasteiger partial charge in [-0.05, 0) is 45.7 Å². The average Bonchev–Trinajstić information content (AvgIpc) is 3.24. The zero-order valence-corrected chi connectivity index (χ0v) is 22.4. The van der Waals surface area contributed by atoms with Crippen molar-refractivity contribution in [1.82, 2.24) is 25.4 Å². The molecule has 9 heteroatoms. The molecule has 0 saturated heterocycles. The predicted octanol–water partition coefficient (Wildman–Crippen LogP) is 3.64. The highest BCUT2D eigenvalue weighted by molar-refractivity contribution is 14.0. The summed E-state index contributed by atoms with van der Waals surface area (Å²) in [7, 11) is 0. The van der Waals surface area contributed by atoms with Crippen molar-refractivity contribution in [2.24, 2.45) is 4.99 Å². The fraction of sp³-hybridized carbons (Fsp3) is 0.625. The van der Waals surface area contributed by atoms with Gasteiger partial charge in [-0.2, -0.15) is 0 Å². The number of fused-ring (bicyclic) bond motifs is 2. The molecule has 0 amide bonds. The highest BCUT2D eigenvalue weighted by Crippen LogP contribution is 2.35. The highest BCUT2D eigenvalue weighted by Gasteiger charge is 2.22. The van der Waals surface area contributed by atoms with E-state index in [9.17, 15) is 0 Å². The van der Waals surface area contributed by atoms with Crippen LogP contribution >= 0.6 is 24.0 Å². The van der Waals surface area contributed by atoms with Crippen LogP contribution in [0, 0.1) is 0 Å². The third-order valence-electron chi connectivity index (χ3n) is 5.96. The summed E-state index contributed by atoms with van der Waals surface area (Å²) in [6.45, 7) is 9.93. The van der Waals surface area contributed by atoms with Crippen LogP contribution < -0.4 is 20.1 Å². The molecule has 1 atom stereocenters. The molecular formula is C24H37IN6O2. The van der Waals surface area contributed by atoms with Gasteiger partial charge in [-0.3, -0.25) is 0 Å². The molecule has 2 aromatic rings. The van der Waals surface area contributed by atoms with Crippen LogP contribution in [0.5, 0.6) is 11.5 Å². The SMILES string of the molecule is CCNC(=NCc1cc2c(cc1OCC)CC(C)O2)NCCc1nnc2n1CCCCC2.I. The van der Waals surface area contributed by atoms with Crippen LogP contribution in [0.3, 0.4) is 0 Å². The van der Waals surface area contributed by atoms with Crippen LogP contribution in [0.4, 0.5) is 0 Å². The smallest absolute Gasteiger partial charge is 0.191 e. The fourth-order valence-corrected chi connectivity index (χ4v) is 4.42. The summed E-state index contributed by atoms with van der Waals surface area (Å²) in [5, 5.41) is 15.6. The summed E-state index contributed by atoms with van der Waals surface area (Å²) in [5.74, 6) is 4.84. The third-order valence-corrected chi connectivity index (χ3v) is 5.96. The molecule has 33 heavy (non-hydrogen) atoms. The number of rotatable bonds is 8. The minimum atomic E-state index is 0. The fourth-order valence-electron chi connectivity index (χ4n) is 4.42. The molecular weight excluding hydrogens is 531 g/mol. The molecule has 3 heterocycles. The molecule has 2 N–H and O–H groups in total. The van der Waals surface area contributed by atoms with Crippen LogP contribution in [0.25, 0.3) is 0 Å². The van der Waals surface area contributed by atoms with Gasteiger partial charge in [0, 0.05) is 50.0 Å². The average molecular weight is 569 g/mol. The van der Waals surface area contributed by atoms with E-state index in [-0.39, 0.29) is 30.1 Å². The van der Waals surface area contributed by atoms with E-state index in [1.54, 1.807) is 0 Å². The van der Waals surface area contributed by atoms with Crippen molar-refractivity contribution in [3.05, 3.63) is 34.9 Å². The topological polar surface area (TPSA) is 85.6 Å². The Bertz CT molecular complexity index is 945. The molecule has 182 valence electrons. The standard InChI is InChI=1S/C24H36N6O2.HI/c1-4-25-24(26-11-10-23-29-28-22-9-7-6-8-12-30(22)23)27-16-19-15-21-18(13-17(3)32-21)14-20(19)31-5-2;/h14-15,17H,4-13,16H2,1-3H3,(H2,25,26,27);1H. The number of nitrogens with one attached hydrogen (secondary N) is 2. The largest absolute Gasteiger partial charge is 0.494 e. The monoisotopic (exact) mass is 568 g/mol. The molecule has 2 aliphatic heterocycles. The van der Waals surface area contributed by atoms with Crippen molar-refractivity contribution in [2.45, 2.75) is 78.5 Å². The first kappa shape index (κ1) is 25.6. The van der Waals surface area contributed by atoms with Crippen molar-refractivity contribution in [1.29, 1.82) is 0 Å². The molecule has 4 rings (SSSR count). The lowest BCUT2D eigenvalue weighted by atomic mass is 10.1. The van der Waals surface area contributed by atoms with Crippen LogP contribution in [0.15, 0.2) is 17.1 Å². The van der Waals surface area contributed by atoms with E-state index >= 15 is 0 Å². The summed E-state index contributed by atoms with van der Waals surface area (Å²) < 4.78 is 14.1. The zero-order valence-electron chi connectivity index (χ0n) is 20.0. The molecule has 2 aliphatic rings. The normalized spacial score (nSPS) is 17.3. The number of hydrogen-bond acceptors (Lipinski definition) is 5. The lowest BCUT2D eigenvalue weighted by molar-refractivity contribution is 0.254. The number of ether oxygens (including phenoxy) is 2. The minimum absolute atomic E-state index is 0. The number of benzene rings is 1. The van der Waals surface area contributed by atoms with Gasteiger partial charge in [-0.25, -0.2) is 4.99 Å². The molecule has 0 saturated carbocycles. The Hall–Kier alpha value is -2.04. The van der Waals surface area contributed by atoms with E-state index < -0.39 is 0 Å². The number of nitrogens with zero attached hydrogens (tertiary/aromatic N) is 4. The summed E-state index contributed by atoms with van der Waals surface area (Å²) in [6.07, 6.45) is 6.70. The maximum Gasteiger partial charge on any atom is 0.191 e. The van der Waals surface area contributed by atoms with E-state index in [1.165, 1.54) is 24.8 Å². The second-order valence-electron chi connectivity index (χ2n) is 8.50. The summed E-state index contributed by atoms with van der Waals surface area (Å²) >= 11 is 0. The van der Waals surface area contributed by atoms with Crippen molar-refractivity contribution in [3.63, 3.8) is 0 Å². The van der Waals surface area contributed by atoms with Gasteiger partial charge in [-0.1, -0.05) is 6.42 Å². The van der Waals surface area contributed by atoms with Gasteiger partial charge < -0.3 is 24.7 Å². The molecule has 0 aliphatic carbocycles. The van der Waals surface area contributed by atoms with Gasteiger partial charge >= 0.3 is 0 Å². The van der Waals surface area contributed by atoms with Crippen molar-refractivity contribution < 1.29 is 9.47 Å². The van der Waals surface area contributed by atoms with Crippen LogP contribution in [0.1, 0.15) is 62.8 Å². The molecule has 0 spiro atoms. The molecule has 0 bridgehead atoms. The Labute approximate surface area is 214 Å². The molecule has 1 aromatic heterocycles. The Morgan fingerprint density at radius 2 is 2.09 bits per heavy atom. The van der Waals surface area contributed by atoms with E-state index in [0.29, 0.717) is 13.2 Å². The lowest BCUT2D eigenvalue weighted by Gasteiger charge is -2.14. The Kier molecular flexibility index (Phi) is 9.64. The number of halogens is 1. The number of hydrogen-bond donors (Lipinski definition) is 2. The first-order valence-corrected chi connectivity index (χ1v) is 12.1. The predicted molar refractivity (Wildman–Crippen MR) is 141 cm³/mol. The Balaban J connectivity index is 0.00000306.